The first-order valence-electron chi connectivity index (χ1n) is 7.21. The van der Waals surface area contributed by atoms with Crippen LogP contribution < -0.4 is 4.72 Å². The smallest absolute Gasteiger partial charge is 0.208 e. The maximum atomic E-state index is 13.2. The van der Waals surface area contributed by atoms with Crippen molar-refractivity contribution >= 4 is 10.0 Å². The number of halogens is 1. The van der Waals surface area contributed by atoms with Gasteiger partial charge in [-0.1, -0.05) is 30.3 Å². The zero-order valence-corrected chi connectivity index (χ0v) is 13.5. The summed E-state index contributed by atoms with van der Waals surface area (Å²) in [7, 11) is -3.62. The predicted molar refractivity (Wildman–Crippen MR) is 85.7 cm³/mol. The summed E-state index contributed by atoms with van der Waals surface area (Å²) in [6.45, 7) is 3.38. The first-order valence-corrected chi connectivity index (χ1v) is 8.69. The van der Waals surface area contributed by atoms with Crippen molar-refractivity contribution in [3.8, 4) is 0 Å². The molecule has 1 N–H and O–H groups in total. The minimum atomic E-state index is -3.62. The number of nitrogens with one attached hydrogen (secondary N) is 1. The average Bonchev–Trinajstić information content (AvgIpc) is 2.48. The quantitative estimate of drug-likeness (QED) is 0.886. The van der Waals surface area contributed by atoms with Crippen molar-refractivity contribution in [1.29, 1.82) is 0 Å². The van der Waals surface area contributed by atoms with Gasteiger partial charge < -0.3 is 0 Å². The van der Waals surface area contributed by atoms with Crippen LogP contribution in [0.2, 0.25) is 0 Å². The molecular formula is C17H20FNO2S. The summed E-state index contributed by atoms with van der Waals surface area (Å²) in [5.41, 5.74) is 1.49. The van der Waals surface area contributed by atoms with E-state index in [-0.39, 0.29) is 10.9 Å². The van der Waals surface area contributed by atoms with Gasteiger partial charge in [-0.25, -0.2) is 17.5 Å². The largest absolute Gasteiger partial charge is 0.240 e. The van der Waals surface area contributed by atoms with Crippen molar-refractivity contribution < 1.29 is 12.8 Å². The minimum absolute atomic E-state index is 0.0953. The molecule has 0 amide bonds. The van der Waals surface area contributed by atoms with Gasteiger partial charge in [0.15, 0.2) is 0 Å². The van der Waals surface area contributed by atoms with Crippen molar-refractivity contribution in [2.24, 2.45) is 0 Å². The normalized spacial score (nSPS) is 13.0. The second kappa shape index (κ2) is 7.03. The Morgan fingerprint density at radius 1 is 1.14 bits per heavy atom. The summed E-state index contributed by atoms with van der Waals surface area (Å²) < 4.78 is 40.4. The van der Waals surface area contributed by atoms with Crippen molar-refractivity contribution in [3.05, 3.63) is 65.5 Å². The van der Waals surface area contributed by atoms with Gasteiger partial charge in [0, 0.05) is 6.04 Å². The molecule has 0 saturated heterocycles. The summed E-state index contributed by atoms with van der Waals surface area (Å²) in [6.07, 6.45) is 1.50. The minimum Gasteiger partial charge on any atom is -0.208 e. The fourth-order valence-electron chi connectivity index (χ4n) is 2.20. The van der Waals surface area contributed by atoms with Gasteiger partial charge in [0.2, 0.25) is 10.0 Å². The van der Waals surface area contributed by atoms with E-state index in [2.05, 4.69) is 4.72 Å². The summed E-state index contributed by atoms with van der Waals surface area (Å²) >= 11 is 0. The monoisotopic (exact) mass is 321 g/mol. The van der Waals surface area contributed by atoms with Gasteiger partial charge in [-0.2, -0.15) is 0 Å². The lowest BCUT2D eigenvalue weighted by molar-refractivity contribution is 0.546. The van der Waals surface area contributed by atoms with Gasteiger partial charge in [0.25, 0.3) is 0 Å². The molecule has 118 valence electrons. The number of hydrogen-bond donors (Lipinski definition) is 1. The molecule has 2 aromatic carbocycles. The zero-order chi connectivity index (χ0) is 16.2. The van der Waals surface area contributed by atoms with Crippen LogP contribution in [0.4, 0.5) is 4.39 Å². The van der Waals surface area contributed by atoms with Crippen molar-refractivity contribution in [2.75, 3.05) is 0 Å². The summed E-state index contributed by atoms with van der Waals surface area (Å²) in [5, 5.41) is 0. The Morgan fingerprint density at radius 3 is 2.45 bits per heavy atom. The van der Waals surface area contributed by atoms with Crippen LogP contribution in [0.5, 0.6) is 0 Å². The number of sulfonamides is 1. The molecule has 0 spiro atoms. The zero-order valence-electron chi connectivity index (χ0n) is 12.7. The first kappa shape index (κ1) is 16.6. The molecule has 0 aliphatic heterocycles. The lowest BCUT2D eigenvalue weighted by Crippen LogP contribution is -2.33. The van der Waals surface area contributed by atoms with Crippen molar-refractivity contribution in [2.45, 2.75) is 37.6 Å². The number of benzene rings is 2. The molecule has 1 atom stereocenters. The molecule has 2 aromatic rings. The summed E-state index contributed by atoms with van der Waals surface area (Å²) in [4.78, 5) is 0.0953. The molecular weight excluding hydrogens is 301 g/mol. The van der Waals surface area contributed by atoms with Crippen LogP contribution in [-0.2, 0) is 16.4 Å². The highest BCUT2D eigenvalue weighted by molar-refractivity contribution is 7.89. The van der Waals surface area contributed by atoms with Crippen LogP contribution in [0.15, 0.2) is 53.4 Å². The third-order valence-electron chi connectivity index (χ3n) is 3.50. The number of aryl methyl sites for hydroxylation is 2. The molecule has 0 aliphatic carbocycles. The van der Waals surface area contributed by atoms with Crippen LogP contribution in [0.1, 0.15) is 24.5 Å². The lowest BCUT2D eigenvalue weighted by atomic mass is 10.1. The van der Waals surface area contributed by atoms with E-state index in [1.807, 2.05) is 37.3 Å². The van der Waals surface area contributed by atoms with E-state index in [0.717, 1.165) is 6.42 Å². The lowest BCUT2D eigenvalue weighted by Gasteiger charge is -2.14. The molecule has 5 heteroatoms. The van der Waals surface area contributed by atoms with E-state index in [1.54, 1.807) is 6.92 Å². The topological polar surface area (TPSA) is 46.2 Å². The van der Waals surface area contributed by atoms with Gasteiger partial charge in [-0.15, -0.1) is 0 Å². The van der Waals surface area contributed by atoms with E-state index in [4.69, 9.17) is 0 Å². The van der Waals surface area contributed by atoms with E-state index < -0.39 is 15.8 Å². The fourth-order valence-corrected chi connectivity index (χ4v) is 3.57. The standard InChI is InChI=1S/C17H20FNO2S/c1-13-12-16(10-11-17(13)18)22(20,21)19-14(2)8-9-15-6-4-3-5-7-15/h3-7,10-12,14,19H,8-9H2,1-2H3. The van der Waals surface area contributed by atoms with Crippen LogP contribution in [0.25, 0.3) is 0 Å². The highest BCUT2D eigenvalue weighted by atomic mass is 32.2. The van der Waals surface area contributed by atoms with Crippen LogP contribution in [-0.4, -0.2) is 14.5 Å². The van der Waals surface area contributed by atoms with E-state index in [0.29, 0.717) is 12.0 Å². The molecule has 0 fully saturated rings. The maximum absolute atomic E-state index is 13.2. The maximum Gasteiger partial charge on any atom is 0.240 e. The second-order valence-corrected chi connectivity index (χ2v) is 7.17. The fraction of sp³-hybridized carbons (Fsp3) is 0.294. The molecule has 1 unspecified atom stereocenters. The third-order valence-corrected chi connectivity index (χ3v) is 5.09. The van der Waals surface area contributed by atoms with Crippen molar-refractivity contribution in [1.82, 2.24) is 4.72 Å². The molecule has 0 heterocycles. The molecule has 22 heavy (non-hydrogen) atoms. The Morgan fingerprint density at radius 2 is 1.82 bits per heavy atom. The van der Waals surface area contributed by atoms with Crippen molar-refractivity contribution in [3.63, 3.8) is 0 Å². The van der Waals surface area contributed by atoms with E-state index in [9.17, 15) is 12.8 Å². The van der Waals surface area contributed by atoms with Crippen LogP contribution in [0, 0.1) is 12.7 Å². The second-order valence-electron chi connectivity index (χ2n) is 5.46. The Labute approximate surface area is 131 Å². The van der Waals surface area contributed by atoms with Gasteiger partial charge in [0.1, 0.15) is 5.82 Å². The van der Waals surface area contributed by atoms with Gasteiger partial charge in [0.05, 0.1) is 4.90 Å². The number of rotatable bonds is 6. The summed E-state index contributed by atoms with van der Waals surface area (Å²) in [5.74, 6) is -0.406. The number of hydrogen-bond acceptors (Lipinski definition) is 2. The van der Waals surface area contributed by atoms with Gasteiger partial charge in [-0.3, -0.25) is 0 Å². The Hall–Kier alpha value is -1.72. The van der Waals surface area contributed by atoms with E-state index in [1.165, 1.54) is 23.8 Å². The van der Waals surface area contributed by atoms with E-state index >= 15 is 0 Å². The Kier molecular flexibility index (Phi) is 5.32. The summed E-state index contributed by atoms with van der Waals surface area (Å²) in [6, 6.07) is 13.5. The van der Waals surface area contributed by atoms with Gasteiger partial charge >= 0.3 is 0 Å². The molecule has 2 rings (SSSR count). The molecule has 0 aromatic heterocycles. The SMILES string of the molecule is Cc1cc(S(=O)(=O)NC(C)CCc2ccccc2)ccc1F. The molecule has 0 radical (unpaired) electrons. The highest BCUT2D eigenvalue weighted by Gasteiger charge is 2.18. The first-order chi connectivity index (χ1) is 10.4. The third kappa shape index (κ3) is 4.39. The van der Waals surface area contributed by atoms with Crippen LogP contribution >= 0.6 is 0 Å². The molecule has 3 nitrogen and oxygen atoms in total. The highest BCUT2D eigenvalue weighted by Crippen LogP contribution is 2.15. The van der Waals surface area contributed by atoms with Gasteiger partial charge in [-0.05, 0) is 56.0 Å². The Bertz CT molecular complexity index is 730. The molecule has 0 bridgehead atoms. The molecule has 0 saturated carbocycles. The molecule has 0 aliphatic rings. The Balaban J connectivity index is 2.00. The van der Waals surface area contributed by atoms with Crippen LogP contribution in [0.3, 0.4) is 0 Å². The predicted octanol–water partition coefficient (Wildman–Crippen LogP) is 3.43. The average molecular weight is 321 g/mol.